The molecule has 0 radical (unpaired) electrons. The number of ether oxygens (including phenoxy) is 1. The maximum absolute atomic E-state index is 11.0. The minimum Gasteiger partial charge on any atom is -0.494 e. The van der Waals surface area contributed by atoms with Crippen LogP contribution in [0.15, 0.2) is 54.6 Å². The molecule has 0 unspecified atom stereocenters. The Bertz CT molecular complexity index is 553. The highest BCUT2D eigenvalue weighted by molar-refractivity contribution is 5.92. The molecule has 2 aromatic rings. The second-order valence-electron chi connectivity index (χ2n) is 4.75. The molecule has 1 amide bonds. The van der Waals surface area contributed by atoms with Crippen molar-refractivity contribution in [1.82, 2.24) is 5.32 Å². The van der Waals surface area contributed by atoms with Crippen LogP contribution in [0, 0.1) is 0 Å². The lowest BCUT2D eigenvalue weighted by atomic mass is 10.1. The van der Waals surface area contributed by atoms with Gasteiger partial charge in [-0.2, -0.15) is 0 Å². The standard InChI is InChI=1S/C17H20N2O2/c18-17(20)15-9-7-14(8-10-15)13-19-11-4-12-21-16-5-2-1-3-6-16/h1-3,5-10,19H,4,11-13H2,(H2,18,20). The van der Waals surface area contributed by atoms with Gasteiger partial charge >= 0.3 is 0 Å². The van der Waals surface area contributed by atoms with Crippen LogP contribution >= 0.6 is 0 Å². The van der Waals surface area contributed by atoms with Gasteiger partial charge in [0.2, 0.25) is 5.91 Å². The molecule has 0 aliphatic rings. The van der Waals surface area contributed by atoms with Crippen LogP contribution < -0.4 is 15.8 Å². The first-order chi connectivity index (χ1) is 10.3. The maximum Gasteiger partial charge on any atom is 0.248 e. The van der Waals surface area contributed by atoms with Gasteiger partial charge in [-0.1, -0.05) is 30.3 Å². The van der Waals surface area contributed by atoms with E-state index < -0.39 is 5.91 Å². The largest absolute Gasteiger partial charge is 0.494 e. The van der Waals surface area contributed by atoms with Gasteiger partial charge < -0.3 is 15.8 Å². The molecule has 2 aromatic carbocycles. The van der Waals surface area contributed by atoms with Crippen molar-refractivity contribution in [2.75, 3.05) is 13.2 Å². The fraction of sp³-hybridized carbons (Fsp3) is 0.235. The maximum atomic E-state index is 11.0. The van der Waals surface area contributed by atoms with Crippen LogP contribution in [0.4, 0.5) is 0 Å². The van der Waals surface area contributed by atoms with Crippen LogP contribution in [-0.2, 0) is 6.54 Å². The third kappa shape index (κ3) is 5.28. The van der Waals surface area contributed by atoms with Crippen molar-refractivity contribution >= 4 is 5.91 Å². The third-order valence-corrected chi connectivity index (χ3v) is 3.08. The molecule has 110 valence electrons. The molecule has 0 atom stereocenters. The van der Waals surface area contributed by atoms with E-state index in [1.807, 2.05) is 42.5 Å². The molecule has 2 rings (SSSR count). The lowest BCUT2D eigenvalue weighted by molar-refractivity contribution is 0.100. The molecule has 0 saturated carbocycles. The van der Waals surface area contributed by atoms with Gasteiger partial charge in [0, 0.05) is 12.1 Å². The van der Waals surface area contributed by atoms with Gasteiger partial charge in [-0.3, -0.25) is 4.79 Å². The van der Waals surface area contributed by atoms with E-state index in [1.165, 1.54) is 0 Å². The number of hydrogen-bond acceptors (Lipinski definition) is 3. The van der Waals surface area contributed by atoms with E-state index in [0.717, 1.165) is 30.8 Å². The number of hydrogen-bond donors (Lipinski definition) is 2. The Balaban J connectivity index is 1.60. The van der Waals surface area contributed by atoms with Crippen LogP contribution in [0.5, 0.6) is 5.75 Å². The van der Waals surface area contributed by atoms with E-state index in [0.29, 0.717) is 12.2 Å². The number of benzene rings is 2. The molecule has 0 saturated heterocycles. The zero-order valence-corrected chi connectivity index (χ0v) is 11.9. The predicted octanol–water partition coefficient (Wildman–Crippen LogP) is 2.34. The molecule has 4 heteroatoms. The average Bonchev–Trinajstić information content (AvgIpc) is 2.52. The Kier molecular flexibility index (Phi) is 5.79. The van der Waals surface area contributed by atoms with E-state index in [2.05, 4.69) is 5.32 Å². The van der Waals surface area contributed by atoms with E-state index in [-0.39, 0.29) is 0 Å². The molecule has 4 nitrogen and oxygen atoms in total. The summed E-state index contributed by atoms with van der Waals surface area (Å²) in [7, 11) is 0. The summed E-state index contributed by atoms with van der Waals surface area (Å²) in [5, 5.41) is 3.34. The molecule has 0 aromatic heterocycles. The van der Waals surface area contributed by atoms with E-state index in [4.69, 9.17) is 10.5 Å². The van der Waals surface area contributed by atoms with E-state index in [1.54, 1.807) is 12.1 Å². The van der Waals surface area contributed by atoms with Crippen LogP contribution in [0.1, 0.15) is 22.3 Å². The first kappa shape index (κ1) is 15.1. The minimum absolute atomic E-state index is 0.396. The van der Waals surface area contributed by atoms with Crippen molar-refractivity contribution in [3.8, 4) is 5.75 Å². The van der Waals surface area contributed by atoms with Gasteiger partial charge in [-0.05, 0) is 42.8 Å². The van der Waals surface area contributed by atoms with E-state index in [9.17, 15) is 4.79 Å². The van der Waals surface area contributed by atoms with Crippen LogP contribution in [0.2, 0.25) is 0 Å². The number of nitrogens with one attached hydrogen (secondary N) is 1. The van der Waals surface area contributed by atoms with Crippen molar-refractivity contribution in [2.24, 2.45) is 5.73 Å². The highest BCUT2D eigenvalue weighted by Crippen LogP contribution is 2.08. The lowest BCUT2D eigenvalue weighted by Gasteiger charge is -2.07. The fourth-order valence-electron chi connectivity index (χ4n) is 1.92. The summed E-state index contributed by atoms with van der Waals surface area (Å²) in [6, 6.07) is 17.1. The number of nitrogens with two attached hydrogens (primary N) is 1. The van der Waals surface area contributed by atoms with Crippen molar-refractivity contribution < 1.29 is 9.53 Å². The van der Waals surface area contributed by atoms with Gasteiger partial charge in [0.25, 0.3) is 0 Å². The van der Waals surface area contributed by atoms with Gasteiger partial charge in [0.05, 0.1) is 6.61 Å². The number of carbonyl (C=O) groups is 1. The number of rotatable bonds is 8. The monoisotopic (exact) mass is 284 g/mol. The molecule has 3 N–H and O–H groups in total. The Morgan fingerprint density at radius 3 is 2.43 bits per heavy atom. The molecule has 0 fully saturated rings. The quantitative estimate of drug-likeness (QED) is 0.731. The summed E-state index contributed by atoms with van der Waals surface area (Å²) in [5.41, 5.74) is 6.86. The Morgan fingerprint density at radius 2 is 1.76 bits per heavy atom. The second kappa shape index (κ2) is 8.07. The second-order valence-corrected chi connectivity index (χ2v) is 4.75. The van der Waals surface area contributed by atoms with Gasteiger partial charge in [0.15, 0.2) is 0 Å². The average molecular weight is 284 g/mol. The smallest absolute Gasteiger partial charge is 0.248 e. The van der Waals surface area contributed by atoms with Crippen LogP contribution in [0.25, 0.3) is 0 Å². The minimum atomic E-state index is -0.396. The Hall–Kier alpha value is -2.33. The normalized spacial score (nSPS) is 10.3. The topological polar surface area (TPSA) is 64.4 Å². The predicted molar refractivity (Wildman–Crippen MR) is 83.2 cm³/mol. The first-order valence-corrected chi connectivity index (χ1v) is 7.03. The summed E-state index contributed by atoms with van der Waals surface area (Å²) in [6.45, 7) is 2.34. The van der Waals surface area contributed by atoms with Gasteiger partial charge in [-0.15, -0.1) is 0 Å². The van der Waals surface area contributed by atoms with Crippen molar-refractivity contribution in [2.45, 2.75) is 13.0 Å². The summed E-state index contributed by atoms with van der Waals surface area (Å²) >= 11 is 0. The van der Waals surface area contributed by atoms with Gasteiger partial charge in [0.1, 0.15) is 5.75 Å². The molecule has 0 bridgehead atoms. The molecule has 0 spiro atoms. The SMILES string of the molecule is NC(=O)c1ccc(CNCCCOc2ccccc2)cc1. The van der Waals surface area contributed by atoms with Crippen molar-refractivity contribution in [3.63, 3.8) is 0 Å². The number of primary amides is 1. The zero-order valence-electron chi connectivity index (χ0n) is 11.9. The molecule has 0 heterocycles. The summed E-state index contributed by atoms with van der Waals surface area (Å²) in [4.78, 5) is 11.0. The third-order valence-electron chi connectivity index (χ3n) is 3.08. The highest BCUT2D eigenvalue weighted by atomic mass is 16.5. The molecule has 0 aliphatic heterocycles. The molecular weight excluding hydrogens is 264 g/mol. The summed E-state index contributed by atoms with van der Waals surface area (Å²) in [6.07, 6.45) is 0.939. The van der Waals surface area contributed by atoms with E-state index >= 15 is 0 Å². The number of carbonyl (C=O) groups excluding carboxylic acids is 1. The Morgan fingerprint density at radius 1 is 1.05 bits per heavy atom. The molecule has 0 aliphatic carbocycles. The van der Waals surface area contributed by atoms with Crippen LogP contribution in [0.3, 0.4) is 0 Å². The molecular formula is C17H20N2O2. The fourth-order valence-corrected chi connectivity index (χ4v) is 1.92. The summed E-state index contributed by atoms with van der Waals surface area (Å²) < 4.78 is 5.61. The summed E-state index contributed by atoms with van der Waals surface area (Å²) in [5.74, 6) is 0.507. The lowest BCUT2D eigenvalue weighted by Crippen LogP contribution is -2.17. The van der Waals surface area contributed by atoms with Gasteiger partial charge in [-0.25, -0.2) is 0 Å². The Labute approximate surface area is 124 Å². The number of amides is 1. The highest BCUT2D eigenvalue weighted by Gasteiger charge is 1.99. The molecule has 21 heavy (non-hydrogen) atoms. The van der Waals surface area contributed by atoms with Crippen LogP contribution in [-0.4, -0.2) is 19.1 Å². The first-order valence-electron chi connectivity index (χ1n) is 7.03. The van der Waals surface area contributed by atoms with Crippen molar-refractivity contribution in [1.29, 1.82) is 0 Å². The van der Waals surface area contributed by atoms with Crippen molar-refractivity contribution in [3.05, 3.63) is 65.7 Å². The zero-order chi connectivity index (χ0) is 14.9. The number of para-hydroxylation sites is 1.